The lowest BCUT2D eigenvalue weighted by atomic mass is 9.70. The molecule has 264 valence electrons. The number of oxime groups is 1. The number of hydrogen-bond donors (Lipinski definition) is 2. The maximum absolute atomic E-state index is 13.4. The molecule has 12 nitrogen and oxygen atoms in total. The monoisotopic (exact) mass is 668 g/mol. The molecule has 0 aliphatic carbocycles. The molecule has 2 aliphatic rings. The minimum atomic E-state index is -1.73. The van der Waals surface area contributed by atoms with Gasteiger partial charge in [-0.2, -0.15) is 5.10 Å². The molecular weight excluding hydrogens is 616 g/mol. The Morgan fingerprint density at radius 2 is 1.79 bits per heavy atom. The molecule has 1 aromatic heterocycles. The number of esters is 1. The van der Waals surface area contributed by atoms with E-state index >= 15 is 0 Å². The van der Waals surface area contributed by atoms with Crippen LogP contribution in [0, 0.1) is 29.6 Å². The first-order chi connectivity index (χ1) is 22.6. The number of nitrogens with zero attached hydrogens (tertiary/aromatic N) is 4. The van der Waals surface area contributed by atoms with Gasteiger partial charge in [-0.1, -0.05) is 39.8 Å². The molecule has 3 heterocycles. The van der Waals surface area contributed by atoms with Crippen LogP contribution < -0.4 is 4.84 Å². The summed E-state index contributed by atoms with van der Waals surface area (Å²) < 4.78 is 20.9. The number of aliphatic hydroxyl groups is 2. The largest absolute Gasteiger partial charge is 0.459 e. The van der Waals surface area contributed by atoms with Crippen LogP contribution in [0.2, 0.25) is 0 Å². The number of carbonyl (C=O) groups excluding carboxylic acids is 2. The Kier molecular flexibility index (Phi) is 12.0. The molecule has 48 heavy (non-hydrogen) atoms. The fraction of sp³-hybridized carbons (Fsp3) is 0.639. The van der Waals surface area contributed by atoms with Crippen molar-refractivity contribution in [1.29, 1.82) is 0 Å². The van der Waals surface area contributed by atoms with E-state index in [2.05, 4.69) is 15.2 Å². The predicted octanol–water partition coefficient (Wildman–Crippen LogP) is 4.79. The van der Waals surface area contributed by atoms with Crippen LogP contribution in [-0.2, 0) is 23.8 Å². The molecule has 0 spiro atoms. The third-order valence-electron chi connectivity index (χ3n) is 10.3. The Balaban J connectivity index is 1.83. The average molecular weight is 669 g/mol. The van der Waals surface area contributed by atoms with Gasteiger partial charge in [0.2, 0.25) is 5.91 Å². The summed E-state index contributed by atoms with van der Waals surface area (Å²) in [7, 11) is 0. The summed E-state index contributed by atoms with van der Waals surface area (Å²) in [6, 6.07) is 9.12. The lowest BCUT2D eigenvalue weighted by Crippen LogP contribution is -2.57. The molecule has 0 saturated carbocycles. The Morgan fingerprint density at radius 1 is 1.10 bits per heavy atom. The number of hydrogen-bond acceptors (Lipinski definition) is 10. The SMILES string of the molecule is CC[C@H]1OC(=O)[C@H](C)[C@@H](O)[C@H](C)[C@@H](C)[C@@]2(C)C[C@@H](C)C(=NC(C)=O)[C@H](C)C(OC/C(=N\Oc3ccc(-n4cccn4)cc3)CO2)[C@]1(C)O. The number of carbonyl (C=O) groups is 2. The molecular formula is C36H52N4O8. The first kappa shape index (κ1) is 37.4. The number of cyclic esters (lactones) is 1. The van der Waals surface area contributed by atoms with Crippen molar-refractivity contribution in [3.63, 3.8) is 0 Å². The molecule has 12 heteroatoms. The van der Waals surface area contributed by atoms with Crippen molar-refractivity contribution in [2.24, 2.45) is 39.7 Å². The standard InChI is InChI=1S/C36H52N4O8/c1-10-30-36(9,44)33-23(4)31(38-26(7)41)21(2)18-35(8,25(6)22(3)32(42)24(5)34(43)47-30)46-20-27(19-45-33)39-48-29-14-12-28(13-15-29)40-17-11-16-37-40/h11-17,21-25,30,32-33,42,44H,10,18-20H2,1-9H3/b38-31?,39-27+/t21-,22-,23+,24-,25-,30-,32+,33?,35-,36-/m1/s1. The second-order valence-electron chi connectivity index (χ2n) is 14.0. The van der Waals surface area contributed by atoms with E-state index in [-0.39, 0.29) is 37.4 Å². The number of benzene rings is 1. The van der Waals surface area contributed by atoms with E-state index in [1.165, 1.54) is 6.92 Å². The lowest BCUT2D eigenvalue weighted by Gasteiger charge is -2.45. The molecule has 2 saturated heterocycles. The molecule has 4 rings (SSSR count). The highest BCUT2D eigenvalue weighted by atomic mass is 16.6. The number of aromatic nitrogens is 2. The highest BCUT2D eigenvalue weighted by Gasteiger charge is 2.50. The van der Waals surface area contributed by atoms with E-state index in [1.807, 2.05) is 65.9 Å². The molecule has 10 atom stereocenters. The molecule has 1 aromatic carbocycles. The van der Waals surface area contributed by atoms with Gasteiger partial charge < -0.3 is 29.3 Å². The van der Waals surface area contributed by atoms with Crippen molar-refractivity contribution < 1.29 is 38.9 Å². The van der Waals surface area contributed by atoms with E-state index in [9.17, 15) is 19.8 Å². The topological polar surface area (TPSA) is 154 Å². The first-order valence-corrected chi connectivity index (χ1v) is 16.9. The maximum Gasteiger partial charge on any atom is 0.311 e. The Morgan fingerprint density at radius 3 is 2.40 bits per heavy atom. The molecule has 2 N–H and O–H groups in total. The number of fused-ring (bicyclic) bond motifs is 5. The molecule has 2 aromatic rings. The highest BCUT2D eigenvalue weighted by Crippen LogP contribution is 2.40. The van der Waals surface area contributed by atoms with Crippen LogP contribution in [0.15, 0.2) is 52.9 Å². The van der Waals surface area contributed by atoms with Crippen LogP contribution in [0.1, 0.15) is 75.2 Å². The maximum atomic E-state index is 13.4. The molecule has 1 unspecified atom stereocenters. The third kappa shape index (κ3) is 8.22. The van der Waals surface area contributed by atoms with Crippen molar-refractivity contribution >= 4 is 23.3 Å². The zero-order chi connectivity index (χ0) is 35.4. The highest BCUT2D eigenvalue weighted by molar-refractivity contribution is 5.98. The van der Waals surface area contributed by atoms with Crippen molar-refractivity contribution in [3.05, 3.63) is 42.7 Å². The van der Waals surface area contributed by atoms with Gasteiger partial charge in [0.1, 0.15) is 17.4 Å². The van der Waals surface area contributed by atoms with Crippen molar-refractivity contribution in [2.45, 2.75) is 105 Å². The molecule has 2 fully saturated rings. The average Bonchev–Trinajstić information content (AvgIpc) is 3.59. The third-order valence-corrected chi connectivity index (χ3v) is 10.3. The van der Waals surface area contributed by atoms with Crippen LogP contribution in [0.4, 0.5) is 0 Å². The van der Waals surface area contributed by atoms with Gasteiger partial charge in [0.15, 0.2) is 5.75 Å². The summed E-state index contributed by atoms with van der Waals surface area (Å²) >= 11 is 0. The second-order valence-corrected chi connectivity index (χ2v) is 14.0. The number of ether oxygens (including phenoxy) is 3. The van der Waals surface area contributed by atoms with Crippen LogP contribution in [0.25, 0.3) is 5.69 Å². The fourth-order valence-electron chi connectivity index (χ4n) is 7.13. The van der Waals surface area contributed by atoms with E-state index in [0.717, 1.165) is 5.69 Å². The van der Waals surface area contributed by atoms with Gasteiger partial charge in [-0.05, 0) is 81.7 Å². The zero-order valence-electron chi connectivity index (χ0n) is 29.6. The van der Waals surface area contributed by atoms with Gasteiger partial charge in [-0.25, -0.2) is 9.67 Å². The Bertz CT molecular complexity index is 1460. The van der Waals surface area contributed by atoms with Crippen molar-refractivity contribution in [1.82, 2.24) is 9.78 Å². The quantitative estimate of drug-likeness (QED) is 0.346. The summed E-state index contributed by atoms with van der Waals surface area (Å²) in [4.78, 5) is 36.3. The first-order valence-electron chi connectivity index (χ1n) is 16.9. The molecule has 2 bridgehead atoms. The van der Waals surface area contributed by atoms with Gasteiger partial charge in [0.05, 0.1) is 42.6 Å². The van der Waals surface area contributed by atoms with Gasteiger partial charge in [0, 0.05) is 30.9 Å². The smallest absolute Gasteiger partial charge is 0.311 e. The normalized spacial score (nSPS) is 37.3. The van der Waals surface area contributed by atoms with Crippen molar-refractivity contribution in [3.8, 4) is 11.4 Å². The minimum Gasteiger partial charge on any atom is -0.459 e. The minimum absolute atomic E-state index is 0.0202. The molecule has 1 amide bonds. The van der Waals surface area contributed by atoms with Crippen LogP contribution >= 0.6 is 0 Å². The van der Waals surface area contributed by atoms with Crippen LogP contribution in [0.5, 0.6) is 5.75 Å². The van der Waals surface area contributed by atoms with Gasteiger partial charge >= 0.3 is 5.97 Å². The van der Waals surface area contributed by atoms with E-state index in [0.29, 0.717) is 23.6 Å². The number of aliphatic hydroxyl groups excluding tert-OH is 1. The van der Waals surface area contributed by atoms with Gasteiger partial charge in [-0.3, -0.25) is 9.59 Å². The summed E-state index contributed by atoms with van der Waals surface area (Å²) in [5, 5.41) is 32.4. The predicted molar refractivity (Wildman–Crippen MR) is 181 cm³/mol. The van der Waals surface area contributed by atoms with Crippen LogP contribution in [-0.4, -0.2) is 86.0 Å². The second kappa shape index (κ2) is 15.4. The number of aliphatic imine (C=N–C) groups is 1. The molecule has 2 aliphatic heterocycles. The zero-order valence-corrected chi connectivity index (χ0v) is 29.6. The summed E-state index contributed by atoms with van der Waals surface area (Å²) in [6.07, 6.45) is 1.21. The molecule has 0 radical (unpaired) electrons. The summed E-state index contributed by atoms with van der Waals surface area (Å²) in [5.74, 6) is -2.91. The number of rotatable bonds is 4. The fourth-order valence-corrected chi connectivity index (χ4v) is 7.13. The van der Waals surface area contributed by atoms with Gasteiger partial charge in [-0.15, -0.1) is 0 Å². The van der Waals surface area contributed by atoms with Crippen molar-refractivity contribution in [2.75, 3.05) is 13.2 Å². The summed E-state index contributed by atoms with van der Waals surface area (Å²) in [5.41, 5.74) is -0.800. The Labute approximate surface area is 283 Å². The number of amides is 1. The van der Waals surface area contributed by atoms with Crippen LogP contribution in [0.3, 0.4) is 0 Å². The summed E-state index contributed by atoms with van der Waals surface area (Å²) in [6.45, 7) is 16.0. The van der Waals surface area contributed by atoms with Gasteiger partial charge in [0.25, 0.3) is 0 Å². The Hall–Kier alpha value is -3.45. The van der Waals surface area contributed by atoms with E-state index in [4.69, 9.17) is 19.0 Å². The van der Waals surface area contributed by atoms with E-state index in [1.54, 1.807) is 36.9 Å². The lowest BCUT2D eigenvalue weighted by molar-refractivity contribution is -0.195. The van der Waals surface area contributed by atoms with E-state index < -0.39 is 53.2 Å².